The number of fused-ring (bicyclic) bond motifs is 1. The number of carboxylic acid groups (broad SMARTS) is 1. The molecule has 4 rings (SSSR count). The van der Waals surface area contributed by atoms with E-state index in [1.54, 1.807) is 7.11 Å². The Morgan fingerprint density at radius 3 is 2.58 bits per heavy atom. The van der Waals surface area contributed by atoms with Gasteiger partial charge in [-0.05, 0) is 47.2 Å². The van der Waals surface area contributed by atoms with E-state index in [0.29, 0.717) is 19.5 Å². The van der Waals surface area contributed by atoms with Crippen molar-refractivity contribution in [2.75, 3.05) is 13.7 Å². The second-order valence-corrected chi connectivity index (χ2v) is 9.01. The summed E-state index contributed by atoms with van der Waals surface area (Å²) in [6.07, 6.45) is 3.57. The number of carbonyl (C=O) groups is 1. The number of hydrogen-bond donors (Lipinski definition) is 1. The number of amides is 1. The molecule has 0 fully saturated rings. The maximum Gasteiger partial charge on any atom is 0.407 e. The Morgan fingerprint density at radius 1 is 1.19 bits per heavy atom. The van der Waals surface area contributed by atoms with Gasteiger partial charge in [0, 0.05) is 18.0 Å². The van der Waals surface area contributed by atoms with Crippen molar-refractivity contribution in [3.63, 3.8) is 0 Å². The highest BCUT2D eigenvalue weighted by Gasteiger charge is 2.36. The highest BCUT2D eigenvalue weighted by Crippen LogP contribution is 2.35. The molecule has 2 aromatic heterocycles. The van der Waals surface area contributed by atoms with E-state index in [0.717, 1.165) is 33.6 Å². The summed E-state index contributed by atoms with van der Waals surface area (Å²) in [7, 11) is 1.65. The van der Waals surface area contributed by atoms with E-state index in [2.05, 4.69) is 25.9 Å². The van der Waals surface area contributed by atoms with Crippen LogP contribution in [0.25, 0.3) is 16.6 Å². The summed E-state index contributed by atoms with van der Waals surface area (Å²) >= 11 is 0. The summed E-state index contributed by atoms with van der Waals surface area (Å²) < 4.78 is 7.13. The van der Waals surface area contributed by atoms with Crippen LogP contribution < -0.4 is 4.74 Å². The fourth-order valence-electron chi connectivity index (χ4n) is 4.08. The van der Waals surface area contributed by atoms with Crippen LogP contribution in [0.4, 0.5) is 4.79 Å². The lowest BCUT2D eigenvalue weighted by Gasteiger charge is -2.41. The van der Waals surface area contributed by atoms with E-state index in [1.165, 1.54) is 4.90 Å². The van der Waals surface area contributed by atoms with Crippen molar-refractivity contribution >= 4 is 22.7 Å². The van der Waals surface area contributed by atoms with Crippen LogP contribution in [0.15, 0.2) is 48.7 Å². The number of ether oxygens (including phenoxy) is 1. The lowest BCUT2D eigenvalue weighted by atomic mass is 9.79. The van der Waals surface area contributed by atoms with Gasteiger partial charge in [-0.15, -0.1) is 0 Å². The summed E-state index contributed by atoms with van der Waals surface area (Å²) in [6, 6.07) is 11.9. The molecule has 1 amide bonds. The molecule has 7 heteroatoms. The Labute approximate surface area is 182 Å². The molecular weight excluding hydrogens is 392 g/mol. The van der Waals surface area contributed by atoms with E-state index < -0.39 is 6.09 Å². The van der Waals surface area contributed by atoms with Crippen LogP contribution in [0.2, 0.25) is 0 Å². The minimum Gasteiger partial charge on any atom is -0.497 e. The van der Waals surface area contributed by atoms with Crippen molar-refractivity contribution in [2.24, 2.45) is 5.41 Å². The Hall–Kier alpha value is -3.35. The quantitative estimate of drug-likeness (QED) is 0.663. The van der Waals surface area contributed by atoms with Crippen LogP contribution in [0, 0.1) is 5.41 Å². The molecule has 1 aromatic carbocycles. The van der Waals surface area contributed by atoms with E-state index in [4.69, 9.17) is 9.72 Å². The molecular formula is C24H28N4O3. The molecule has 0 radical (unpaired) electrons. The molecule has 1 atom stereocenters. The topological polar surface area (TPSA) is 80.5 Å². The smallest absolute Gasteiger partial charge is 0.407 e. The fraction of sp³-hybridized carbons (Fsp3) is 0.375. The molecule has 162 valence electrons. The van der Waals surface area contributed by atoms with Crippen LogP contribution in [0.1, 0.15) is 38.4 Å². The molecule has 3 aromatic rings. The predicted molar refractivity (Wildman–Crippen MR) is 120 cm³/mol. The number of nitrogens with zero attached hydrogens (tertiary/aromatic N) is 4. The molecule has 1 aliphatic heterocycles. The van der Waals surface area contributed by atoms with Crippen LogP contribution in [0.5, 0.6) is 5.75 Å². The van der Waals surface area contributed by atoms with Crippen LogP contribution >= 0.6 is 0 Å². The Bertz CT molecular complexity index is 1130. The zero-order chi connectivity index (χ0) is 22.2. The van der Waals surface area contributed by atoms with E-state index in [9.17, 15) is 9.90 Å². The van der Waals surface area contributed by atoms with Crippen LogP contribution in [-0.4, -0.2) is 50.6 Å². The summed E-state index contributed by atoms with van der Waals surface area (Å²) in [4.78, 5) is 18.2. The minimum absolute atomic E-state index is 0.105. The van der Waals surface area contributed by atoms with Crippen LogP contribution in [-0.2, 0) is 6.54 Å². The van der Waals surface area contributed by atoms with Gasteiger partial charge < -0.3 is 14.7 Å². The maximum atomic E-state index is 11.7. The predicted octanol–water partition coefficient (Wildman–Crippen LogP) is 4.67. The molecule has 0 saturated carbocycles. The summed E-state index contributed by atoms with van der Waals surface area (Å²) in [5.41, 5.74) is 3.72. The maximum absolute atomic E-state index is 11.7. The zero-order valence-electron chi connectivity index (χ0n) is 18.4. The molecule has 1 aliphatic rings. The largest absolute Gasteiger partial charge is 0.497 e. The van der Waals surface area contributed by atoms with Gasteiger partial charge in [0.1, 0.15) is 5.75 Å². The number of hydrogen-bond acceptors (Lipinski definition) is 4. The third-order valence-electron chi connectivity index (χ3n) is 5.88. The van der Waals surface area contributed by atoms with E-state index in [1.807, 2.05) is 53.4 Å². The second-order valence-electron chi connectivity index (χ2n) is 9.01. The normalized spacial score (nSPS) is 17.0. The SMILES string of the molecule is COc1ccc(Cn2ncc3ccc(C4=CCN(C(=O)O)C(C(C)(C)C)C4)nc32)cc1. The standard InChI is InChI=1S/C24H28N4O3/c1-24(2,3)21-13-17(11-12-27(21)23(29)30)20-10-7-18-14-25-28(22(18)26-20)15-16-5-8-19(31-4)9-6-16/h5-11,14,21H,12-13,15H2,1-4H3,(H,29,30). The molecule has 31 heavy (non-hydrogen) atoms. The first-order valence-corrected chi connectivity index (χ1v) is 10.4. The first kappa shape index (κ1) is 20.9. The Balaban J connectivity index is 1.64. The summed E-state index contributed by atoms with van der Waals surface area (Å²) in [6.45, 7) is 7.23. The van der Waals surface area contributed by atoms with Crippen molar-refractivity contribution in [2.45, 2.75) is 39.8 Å². The molecule has 0 spiro atoms. The van der Waals surface area contributed by atoms with Crippen molar-refractivity contribution in [1.82, 2.24) is 19.7 Å². The van der Waals surface area contributed by atoms with Gasteiger partial charge in [0.05, 0.1) is 25.5 Å². The van der Waals surface area contributed by atoms with Gasteiger partial charge in [0.25, 0.3) is 0 Å². The molecule has 1 N–H and O–H groups in total. The van der Waals surface area contributed by atoms with Gasteiger partial charge in [0.15, 0.2) is 5.65 Å². The van der Waals surface area contributed by atoms with Gasteiger partial charge in [-0.25, -0.2) is 14.5 Å². The minimum atomic E-state index is -0.879. The van der Waals surface area contributed by atoms with E-state index in [-0.39, 0.29) is 11.5 Å². The number of pyridine rings is 1. The summed E-state index contributed by atoms with van der Waals surface area (Å²) in [5, 5.41) is 15.1. The number of methoxy groups -OCH3 is 1. The van der Waals surface area contributed by atoms with Gasteiger partial charge >= 0.3 is 6.09 Å². The number of benzene rings is 1. The molecule has 1 unspecified atom stereocenters. The van der Waals surface area contributed by atoms with Gasteiger partial charge in [0.2, 0.25) is 0 Å². The van der Waals surface area contributed by atoms with Gasteiger partial charge in [-0.1, -0.05) is 39.0 Å². The average molecular weight is 421 g/mol. The highest BCUT2D eigenvalue weighted by atomic mass is 16.5. The van der Waals surface area contributed by atoms with Gasteiger partial charge in [-0.3, -0.25) is 0 Å². The molecule has 7 nitrogen and oxygen atoms in total. The highest BCUT2D eigenvalue weighted by molar-refractivity contribution is 5.79. The Kier molecular flexibility index (Phi) is 5.43. The number of aromatic nitrogens is 3. The third kappa shape index (κ3) is 4.26. The van der Waals surface area contributed by atoms with Crippen molar-refractivity contribution < 1.29 is 14.6 Å². The Morgan fingerprint density at radius 2 is 1.94 bits per heavy atom. The third-order valence-corrected chi connectivity index (χ3v) is 5.88. The van der Waals surface area contributed by atoms with Crippen molar-refractivity contribution in [3.8, 4) is 5.75 Å². The summed E-state index contributed by atoms with van der Waals surface area (Å²) in [5.74, 6) is 0.822. The van der Waals surface area contributed by atoms with Crippen LogP contribution in [0.3, 0.4) is 0 Å². The number of rotatable bonds is 4. The lowest BCUT2D eigenvalue weighted by Crippen LogP contribution is -2.48. The second kappa shape index (κ2) is 8.06. The van der Waals surface area contributed by atoms with E-state index >= 15 is 0 Å². The zero-order valence-corrected chi connectivity index (χ0v) is 18.4. The lowest BCUT2D eigenvalue weighted by molar-refractivity contribution is 0.0883. The van der Waals surface area contributed by atoms with Crippen molar-refractivity contribution in [3.05, 3.63) is 59.9 Å². The van der Waals surface area contributed by atoms with Crippen molar-refractivity contribution in [1.29, 1.82) is 0 Å². The van der Waals surface area contributed by atoms with Gasteiger partial charge in [-0.2, -0.15) is 5.10 Å². The molecule has 0 bridgehead atoms. The fourth-order valence-corrected chi connectivity index (χ4v) is 4.08. The molecule has 3 heterocycles. The first-order chi connectivity index (χ1) is 14.8. The molecule has 0 aliphatic carbocycles. The average Bonchev–Trinajstić information content (AvgIpc) is 3.15. The first-order valence-electron chi connectivity index (χ1n) is 10.4. The monoisotopic (exact) mass is 420 g/mol. The molecule has 0 saturated heterocycles.